The molecule has 0 N–H and O–H groups in total. The van der Waals surface area contributed by atoms with Crippen LogP contribution in [0.15, 0.2) is 24.3 Å². The number of allylic oxidation sites excluding steroid dienone is 4. The predicted molar refractivity (Wildman–Crippen MR) is 59.1 cm³/mol. The van der Waals surface area contributed by atoms with Gasteiger partial charge in [-0.3, -0.25) is 4.79 Å². The summed E-state index contributed by atoms with van der Waals surface area (Å²) in [7, 11) is 0. The fourth-order valence-corrected chi connectivity index (χ4v) is 1.03. The zero-order valence-corrected chi connectivity index (χ0v) is 9.16. The lowest BCUT2D eigenvalue weighted by Crippen LogP contribution is -2.02. The van der Waals surface area contributed by atoms with Crippen LogP contribution in [0.5, 0.6) is 0 Å². The third kappa shape index (κ3) is 9.04. The molecule has 80 valence electrons. The Kier molecular flexibility index (Phi) is 9.28. The fourth-order valence-electron chi connectivity index (χ4n) is 1.03. The van der Waals surface area contributed by atoms with Gasteiger partial charge in [-0.1, -0.05) is 24.3 Å². The van der Waals surface area contributed by atoms with Crippen LogP contribution in [-0.4, -0.2) is 12.6 Å². The first-order valence-electron chi connectivity index (χ1n) is 5.23. The van der Waals surface area contributed by atoms with Crippen molar-refractivity contribution in [3.05, 3.63) is 24.3 Å². The van der Waals surface area contributed by atoms with Gasteiger partial charge < -0.3 is 4.74 Å². The second-order valence-electron chi connectivity index (χ2n) is 2.96. The van der Waals surface area contributed by atoms with Gasteiger partial charge in [-0.25, -0.2) is 0 Å². The lowest BCUT2D eigenvalue weighted by atomic mass is 10.2. The molecule has 0 aliphatic heterocycles. The van der Waals surface area contributed by atoms with Crippen LogP contribution >= 0.6 is 0 Å². The molecule has 0 aromatic rings. The smallest absolute Gasteiger partial charge is 0.306 e. The van der Waals surface area contributed by atoms with E-state index in [0.29, 0.717) is 13.0 Å². The van der Waals surface area contributed by atoms with Gasteiger partial charge in [-0.15, -0.1) is 0 Å². The molecule has 0 aromatic heterocycles. The fraction of sp³-hybridized carbons (Fsp3) is 0.583. The number of unbranched alkanes of at least 4 members (excludes halogenated alkanes) is 1. The third-order valence-electron chi connectivity index (χ3n) is 1.72. The van der Waals surface area contributed by atoms with Crippen LogP contribution in [0.4, 0.5) is 0 Å². The number of hydrogen-bond donors (Lipinski definition) is 0. The van der Waals surface area contributed by atoms with Gasteiger partial charge in [0.1, 0.15) is 0 Å². The van der Waals surface area contributed by atoms with Crippen LogP contribution in [-0.2, 0) is 9.53 Å². The third-order valence-corrected chi connectivity index (χ3v) is 1.72. The van der Waals surface area contributed by atoms with E-state index < -0.39 is 0 Å². The summed E-state index contributed by atoms with van der Waals surface area (Å²) in [6, 6.07) is 0. The van der Waals surface area contributed by atoms with Crippen molar-refractivity contribution in [3.63, 3.8) is 0 Å². The summed E-state index contributed by atoms with van der Waals surface area (Å²) < 4.78 is 4.80. The van der Waals surface area contributed by atoms with E-state index in [1.54, 1.807) is 0 Å². The van der Waals surface area contributed by atoms with E-state index >= 15 is 0 Å². The first-order chi connectivity index (χ1) is 6.81. The van der Waals surface area contributed by atoms with Crippen molar-refractivity contribution in [1.82, 2.24) is 0 Å². The zero-order chi connectivity index (χ0) is 10.6. The van der Waals surface area contributed by atoms with Crippen molar-refractivity contribution < 1.29 is 9.53 Å². The normalized spacial score (nSPS) is 11.3. The lowest BCUT2D eigenvalue weighted by molar-refractivity contribution is -0.142. The summed E-state index contributed by atoms with van der Waals surface area (Å²) in [5.41, 5.74) is 0. The summed E-state index contributed by atoms with van der Waals surface area (Å²) in [6.07, 6.45) is 11.7. The number of carbonyl (C=O) groups excluding carboxylic acids is 1. The molecule has 0 heterocycles. The van der Waals surface area contributed by atoms with Crippen molar-refractivity contribution in [3.8, 4) is 0 Å². The van der Waals surface area contributed by atoms with Crippen LogP contribution in [0.25, 0.3) is 0 Å². The van der Waals surface area contributed by atoms with Crippen LogP contribution in [0.3, 0.4) is 0 Å². The molecular weight excluding hydrogens is 176 g/mol. The van der Waals surface area contributed by atoms with Gasteiger partial charge in [-0.05, 0) is 33.1 Å². The maximum Gasteiger partial charge on any atom is 0.306 e. The average Bonchev–Trinajstić information content (AvgIpc) is 2.17. The Hall–Kier alpha value is -1.05. The Balaban J connectivity index is 3.30. The topological polar surface area (TPSA) is 26.3 Å². The van der Waals surface area contributed by atoms with Crippen LogP contribution in [0, 0.1) is 0 Å². The van der Waals surface area contributed by atoms with E-state index in [0.717, 1.165) is 19.3 Å². The van der Waals surface area contributed by atoms with Gasteiger partial charge in [0.05, 0.1) is 6.61 Å². The summed E-state index contributed by atoms with van der Waals surface area (Å²) in [5.74, 6) is -0.106. The maximum absolute atomic E-state index is 10.9. The highest BCUT2D eigenvalue weighted by molar-refractivity contribution is 5.69. The minimum Gasteiger partial charge on any atom is -0.466 e. The van der Waals surface area contributed by atoms with Crippen LogP contribution in [0.2, 0.25) is 0 Å². The molecule has 0 amide bonds. The number of rotatable bonds is 7. The Morgan fingerprint density at radius 2 is 1.79 bits per heavy atom. The van der Waals surface area contributed by atoms with Crippen molar-refractivity contribution in [2.75, 3.05) is 6.61 Å². The molecule has 0 saturated heterocycles. The lowest BCUT2D eigenvalue weighted by Gasteiger charge is -1.97. The van der Waals surface area contributed by atoms with Crippen molar-refractivity contribution in [2.24, 2.45) is 0 Å². The summed E-state index contributed by atoms with van der Waals surface area (Å²) >= 11 is 0. The maximum atomic E-state index is 10.9. The molecule has 0 saturated carbocycles. The van der Waals surface area contributed by atoms with Gasteiger partial charge in [0.2, 0.25) is 0 Å². The molecule has 0 rings (SSSR count). The predicted octanol–water partition coefficient (Wildman–Crippen LogP) is 3.24. The van der Waals surface area contributed by atoms with Crippen LogP contribution < -0.4 is 0 Å². The molecule has 0 aliphatic rings. The van der Waals surface area contributed by atoms with Gasteiger partial charge in [-0.2, -0.15) is 0 Å². The highest BCUT2D eigenvalue weighted by atomic mass is 16.5. The number of hydrogen-bond acceptors (Lipinski definition) is 2. The van der Waals surface area contributed by atoms with Crippen LogP contribution in [0.1, 0.15) is 39.5 Å². The molecule has 2 nitrogen and oxygen atoms in total. The van der Waals surface area contributed by atoms with Gasteiger partial charge >= 0.3 is 5.97 Å². The molecule has 0 aromatic carbocycles. The molecule has 0 bridgehead atoms. The van der Waals surface area contributed by atoms with E-state index in [1.165, 1.54) is 0 Å². The second-order valence-corrected chi connectivity index (χ2v) is 2.96. The molecular formula is C12H20O2. The molecule has 0 spiro atoms. The van der Waals surface area contributed by atoms with E-state index in [2.05, 4.69) is 12.2 Å². The standard InChI is InChI=1S/C12H20O2/c1-3-5-6-7-8-9-10-11-12(13)14-4-2/h3,5,8-9H,4,6-7,10-11H2,1-2H3/b5-3+,9-8+. The first kappa shape index (κ1) is 12.9. The highest BCUT2D eigenvalue weighted by Crippen LogP contribution is 1.98. The van der Waals surface area contributed by atoms with Gasteiger partial charge in [0.25, 0.3) is 0 Å². The van der Waals surface area contributed by atoms with E-state index in [9.17, 15) is 4.79 Å². The van der Waals surface area contributed by atoms with Crippen molar-refractivity contribution >= 4 is 5.97 Å². The van der Waals surface area contributed by atoms with Crippen molar-refractivity contribution in [2.45, 2.75) is 39.5 Å². The molecule has 0 aliphatic carbocycles. The molecule has 0 fully saturated rings. The first-order valence-corrected chi connectivity index (χ1v) is 5.23. The van der Waals surface area contributed by atoms with E-state index in [4.69, 9.17) is 4.74 Å². The monoisotopic (exact) mass is 196 g/mol. The zero-order valence-electron chi connectivity index (χ0n) is 9.16. The Bertz CT molecular complexity index is 192. The minimum atomic E-state index is -0.106. The summed E-state index contributed by atoms with van der Waals surface area (Å²) in [6.45, 7) is 4.32. The SMILES string of the molecule is C/C=C/CC/C=C/CCC(=O)OCC. The largest absolute Gasteiger partial charge is 0.466 e. The Morgan fingerprint density at radius 3 is 2.43 bits per heavy atom. The molecule has 14 heavy (non-hydrogen) atoms. The van der Waals surface area contributed by atoms with Gasteiger partial charge in [0, 0.05) is 6.42 Å². The van der Waals surface area contributed by atoms with E-state index in [-0.39, 0.29) is 5.97 Å². The summed E-state index contributed by atoms with van der Waals surface area (Å²) in [5, 5.41) is 0. The summed E-state index contributed by atoms with van der Waals surface area (Å²) in [4.78, 5) is 10.9. The van der Waals surface area contributed by atoms with Gasteiger partial charge in [0.15, 0.2) is 0 Å². The quantitative estimate of drug-likeness (QED) is 0.355. The number of esters is 1. The molecule has 2 heteroatoms. The Morgan fingerprint density at radius 1 is 1.14 bits per heavy atom. The molecule has 0 unspecified atom stereocenters. The van der Waals surface area contributed by atoms with E-state index in [1.807, 2.05) is 26.0 Å². The molecule has 0 radical (unpaired) electrons. The number of ether oxygens (including phenoxy) is 1. The average molecular weight is 196 g/mol. The van der Waals surface area contributed by atoms with Crippen molar-refractivity contribution in [1.29, 1.82) is 0 Å². The molecule has 0 atom stereocenters. The number of carbonyl (C=O) groups is 1. The minimum absolute atomic E-state index is 0.106. The second kappa shape index (κ2) is 10.0. The Labute approximate surface area is 86.6 Å². The highest BCUT2D eigenvalue weighted by Gasteiger charge is 1.97.